The maximum atomic E-state index is 13.1. The van der Waals surface area contributed by atoms with Crippen molar-refractivity contribution in [2.45, 2.75) is 19.4 Å². The molecule has 0 aliphatic heterocycles. The zero-order chi connectivity index (χ0) is 20.5. The number of para-hydroxylation sites is 2. The molecule has 2 N–H and O–H groups in total. The minimum atomic E-state index is -0.522. The molecule has 29 heavy (non-hydrogen) atoms. The minimum Gasteiger partial charge on any atom is -0.492 e. The van der Waals surface area contributed by atoms with E-state index in [1.54, 1.807) is 12.1 Å². The summed E-state index contributed by atoms with van der Waals surface area (Å²) in [6.45, 7) is 3.00. The van der Waals surface area contributed by atoms with Crippen molar-refractivity contribution in [3.63, 3.8) is 0 Å². The topological polar surface area (TPSA) is 50.4 Å². The fraction of sp³-hybridized carbons (Fsp3) is 0.208. The zero-order valence-corrected chi connectivity index (χ0v) is 16.4. The SMILES string of the molecule is CCOc1ccccc1NC(=O)[C@H](NCCc1ccc(F)cc1)c1ccccc1. The Morgan fingerprint density at radius 2 is 1.66 bits per heavy atom. The van der Waals surface area contributed by atoms with Crippen molar-refractivity contribution < 1.29 is 13.9 Å². The lowest BCUT2D eigenvalue weighted by Crippen LogP contribution is -2.34. The number of benzene rings is 3. The van der Waals surface area contributed by atoms with Crippen LogP contribution in [0.25, 0.3) is 0 Å². The molecule has 3 aromatic carbocycles. The molecule has 3 aromatic rings. The van der Waals surface area contributed by atoms with Gasteiger partial charge in [0.05, 0.1) is 12.3 Å². The summed E-state index contributed by atoms with van der Waals surface area (Å²) in [7, 11) is 0. The van der Waals surface area contributed by atoms with Gasteiger partial charge >= 0.3 is 0 Å². The summed E-state index contributed by atoms with van der Waals surface area (Å²) in [5.41, 5.74) is 2.52. The third-order valence-corrected chi connectivity index (χ3v) is 4.52. The van der Waals surface area contributed by atoms with Crippen LogP contribution in [-0.2, 0) is 11.2 Å². The zero-order valence-electron chi connectivity index (χ0n) is 16.4. The van der Waals surface area contributed by atoms with Gasteiger partial charge in [-0.1, -0.05) is 54.6 Å². The van der Waals surface area contributed by atoms with E-state index < -0.39 is 6.04 Å². The third-order valence-electron chi connectivity index (χ3n) is 4.52. The van der Waals surface area contributed by atoms with Crippen LogP contribution in [0.15, 0.2) is 78.9 Å². The highest BCUT2D eigenvalue weighted by atomic mass is 19.1. The van der Waals surface area contributed by atoms with Gasteiger partial charge in [0.2, 0.25) is 5.91 Å². The first-order chi connectivity index (χ1) is 14.2. The molecule has 0 spiro atoms. The molecule has 0 aliphatic carbocycles. The van der Waals surface area contributed by atoms with Gasteiger partial charge in [-0.15, -0.1) is 0 Å². The monoisotopic (exact) mass is 392 g/mol. The fourth-order valence-corrected chi connectivity index (χ4v) is 3.08. The normalized spacial score (nSPS) is 11.7. The van der Waals surface area contributed by atoms with E-state index in [2.05, 4.69) is 10.6 Å². The van der Waals surface area contributed by atoms with E-state index in [0.717, 1.165) is 11.1 Å². The highest BCUT2D eigenvalue weighted by molar-refractivity contribution is 5.96. The van der Waals surface area contributed by atoms with E-state index in [4.69, 9.17) is 4.74 Å². The lowest BCUT2D eigenvalue weighted by molar-refractivity contribution is -0.118. The molecule has 1 atom stereocenters. The Morgan fingerprint density at radius 3 is 2.38 bits per heavy atom. The van der Waals surface area contributed by atoms with Crippen molar-refractivity contribution in [3.8, 4) is 5.75 Å². The summed E-state index contributed by atoms with van der Waals surface area (Å²) in [6, 6.07) is 22.8. The average molecular weight is 392 g/mol. The van der Waals surface area contributed by atoms with Gasteiger partial charge in [0.15, 0.2) is 0 Å². The number of carbonyl (C=O) groups excluding carboxylic acids is 1. The van der Waals surface area contributed by atoms with E-state index >= 15 is 0 Å². The van der Waals surface area contributed by atoms with Gasteiger partial charge in [-0.3, -0.25) is 4.79 Å². The van der Waals surface area contributed by atoms with E-state index in [9.17, 15) is 9.18 Å². The molecule has 0 saturated carbocycles. The largest absolute Gasteiger partial charge is 0.492 e. The summed E-state index contributed by atoms with van der Waals surface area (Å²) in [5.74, 6) is 0.222. The van der Waals surface area contributed by atoms with Crippen molar-refractivity contribution >= 4 is 11.6 Å². The van der Waals surface area contributed by atoms with E-state index in [0.29, 0.717) is 31.0 Å². The second-order valence-corrected chi connectivity index (χ2v) is 6.59. The number of anilines is 1. The molecule has 0 radical (unpaired) electrons. The average Bonchev–Trinajstić information content (AvgIpc) is 2.74. The second-order valence-electron chi connectivity index (χ2n) is 6.59. The first-order valence-electron chi connectivity index (χ1n) is 9.73. The van der Waals surface area contributed by atoms with Gasteiger partial charge in [-0.2, -0.15) is 0 Å². The van der Waals surface area contributed by atoms with Crippen molar-refractivity contribution in [2.24, 2.45) is 0 Å². The van der Waals surface area contributed by atoms with Crippen molar-refractivity contribution in [1.82, 2.24) is 5.32 Å². The van der Waals surface area contributed by atoms with Crippen LogP contribution >= 0.6 is 0 Å². The van der Waals surface area contributed by atoms with Gasteiger partial charge in [-0.05, 0) is 48.7 Å². The quantitative estimate of drug-likeness (QED) is 0.553. The predicted octanol–water partition coefficient (Wildman–Crippen LogP) is 4.74. The molecule has 3 rings (SSSR count). The molecule has 0 heterocycles. The van der Waals surface area contributed by atoms with E-state index in [1.807, 2.05) is 61.5 Å². The maximum Gasteiger partial charge on any atom is 0.246 e. The first-order valence-corrected chi connectivity index (χ1v) is 9.73. The van der Waals surface area contributed by atoms with Crippen molar-refractivity contribution in [1.29, 1.82) is 0 Å². The summed E-state index contributed by atoms with van der Waals surface area (Å²) in [4.78, 5) is 13.1. The summed E-state index contributed by atoms with van der Waals surface area (Å²) >= 11 is 0. The molecule has 0 saturated heterocycles. The number of halogens is 1. The Kier molecular flexibility index (Phi) is 7.36. The molecule has 0 aliphatic rings. The summed E-state index contributed by atoms with van der Waals surface area (Å²) in [6.07, 6.45) is 0.687. The molecule has 0 aromatic heterocycles. The summed E-state index contributed by atoms with van der Waals surface area (Å²) < 4.78 is 18.7. The summed E-state index contributed by atoms with van der Waals surface area (Å²) in [5, 5.41) is 6.30. The van der Waals surface area contributed by atoms with E-state index in [1.165, 1.54) is 12.1 Å². The molecule has 0 bridgehead atoms. The number of rotatable bonds is 9. The number of ether oxygens (including phenoxy) is 1. The number of hydrogen-bond donors (Lipinski definition) is 2. The number of amides is 1. The molecule has 0 unspecified atom stereocenters. The molecule has 4 nitrogen and oxygen atoms in total. The highest BCUT2D eigenvalue weighted by Crippen LogP contribution is 2.25. The standard InChI is InChI=1S/C24H25FN2O2/c1-2-29-22-11-7-6-10-21(22)27-24(28)23(19-8-4-3-5-9-19)26-17-16-18-12-14-20(25)15-13-18/h3-15,23,26H,2,16-17H2,1H3,(H,27,28)/t23-/m1/s1. The Morgan fingerprint density at radius 1 is 0.966 bits per heavy atom. The molecule has 5 heteroatoms. The van der Waals surface area contributed by atoms with Crippen molar-refractivity contribution in [2.75, 3.05) is 18.5 Å². The van der Waals surface area contributed by atoms with Crippen LogP contribution < -0.4 is 15.4 Å². The van der Waals surface area contributed by atoms with Crippen LogP contribution in [-0.4, -0.2) is 19.1 Å². The van der Waals surface area contributed by atoms with Crippen LogP contribution in [0.2, 0.25) is 0 Å². The van der Waals surface area contributed by atoms with Crippen LogP contribution in [0.4, 0.5) is 10.1 Å². The lowest BCUT2D eigenvalue weighted by atomic mass is 10.1. The Hall–Kier alpha value is -3.18. The lowest BCUT2D eigenvalue weighted by Gasteiger charge is -2.20. The second kappa shape index (κ2) is 10.4. The maximum absolute atomic E-state index is 13.1. The molecule has 150 valence electrons. The van der Waals surface area contributed by atoms with Crippen LogP contribution in [0.5, 0.6) is 5.75 Å². The van der Waals surface area contributed by atoms with Gasteiger partial charge in [0.25, 0.3) is 0 Å². The van der Waals surface area contributed by atoms with Gasteiger partial charge in [0, 0.05) is 6.54 Å². The highest BCUT2D eigenvalue weighted by Gasteiger charge is 2.21. The Labute approximate surface area is 170 Å². The third kappa shape index (κ3) is 5.90. The predicted molar refractivity (Wildman–Crippen MR) is 114 cm³/mol. The van der Waals surface area contributed by atoms with E-state index in [-0.39, 0.29) is 11.7 Å². The smallest absolute Gasteiger partial charge is 0.246 e. The molecule has 1 amide bonds. The minimum absolute atomic E-state index is 0.164. The Bertz CT molecular complexity index is 914. The van der Waals surface area contributed by atoms with Crippen LogP contribution in [0.1, 0.15) is 24.1 Å². The van der Waals surface area contributed by atoms with Gasteiger partial charge < -0.3 is 15.4 Å². The molecular formula is C24H25FN2O2. The number of carbonyl (C=O) groups is 1. The number of nitrogens with one attached hydrogen (secondary N) is 2. The van der Waals surface area contributed by atoms with Gasteiger partial charge in [-0.25, -0.2) is 4.39 Å². The number of hydrogen-bond acceptors (Lipinski definition) is 3. The van der Waals surface area contributed by atoms with Crippen LogP contribution in [0.3, 0.4) is 0 Å². The van der Waals surface area contributed by atoms with Crippen LogP contribution in [0, 0.1) is 5.82 Å². The fourth-order valence-electron chi connectivity index (χ4n) is 3.08. The van der Waals surface area contributed by atoms with Gasteiger partial charge in [0.1, 0.15) is 17.6 Å². The molecule has 0 fully saturated rings. The Balaban J connectivity index is 1.71. The first kappa shape index (κ1) is 20.6. The van der Waals surface area contributed by atoms with Crippen molar-refractivity contribution in [3.05, 3.63) is 95.8 Å². The molecular weight excluding hydrogens is 367 g/mol.